The van der Waals surface area contributed by atoms with Gasteiger partial charge in [0.05, 0.1) is 0 Å². The molecule has 2 aromatic rings. The van der Waals surface area contributed by atoms with Crippen molar-refractivity contribution in [2.24, 2.45) is 0 Å². The van der Waals surface area contributed by atoms with Gasteiger partial charge in [-0.2, -0.15) is 4.98 Å². The van der Waals surface area contributed by atoms with Crippen molar-refractivity contribution in [1.82, 2.24) is 20.4 Å². The van der Waals surface area contributed by atoms with E-state index in [2.05, 4.69) is 20.4 Å². The molecule has 6 heteroatoms. The van der Waals surface area contributed by atoms with E-state index in [1.165, 1.54) is 0 Å². The minimum atomic E-state index is -0.0128. The number of nitrogens with one attached hydrogen (secondary N) is 1. The zero-order chi connectivity index (χ0) is 12.8. The lowest BCUT2D eigenvalue weighted by Gasteiger charge is -1.98. The summed E-state index contributed by atoms with van der Waals surface area (Å²) < 4.78 is 5.09. The number of rotatable bonds is 5. The Labute approximate surface area is 104 Å². The van der Waals surface area contributed by atoms with Gasteiger partial charge in [-0.3, -0.25) is 9.78 Å². The van der Waals surface area contributed by atoms with Crippen molar-refractivity contribution >= 4 is 5.91 Å². The first-order valence-electron chi connectivity index (χ1n) is 5.79. The lowest BCUT2D eigenvalue weighted by molar-refractivity contribution is -0.121. The maximum absolute atomic E-state index is 11.3. The summed E-state index contributed by atoms with van der Waals surface area (Å²) in [6.07, 6.45) is 4.13. The average molecular weight is 246 g/mol. The third kappa shape index (κ3) is 3.13. The summed E-state index contributed by atoms with van der Waals surface area (Å²) in [5.41, 5.74) is 0.845. The molecule has 18 heavy (non-hydrogen) atoms. The first-order chi connectivity index (χ1) is 8.79. The van der Waals surface area contributed by atoms with E-state index < -0.39 is 0 Å². The molecular formula is C12H14N4O2. The SMILES string of the molecule is CCNC(=O)CCc1nc(-c2ccncc2)no1. The average Bonchev–Trinajstić information content (AvgIpc) is 2.87. The van der Waals surface area contributed by atoms with Crippen LogP contribution in [-0.2, 0) is 11.2 Å². The normalized spacial score (nSPS) is 10.3. The van der Waals surface area contributed by atoms with Crippen LogP contribution >= 0.6 is 0 Å². The molecule has 0 radical (unpaired) electrons. The van der Waals surface area contributed by atoms with Crippen molar-refractivity contribution in [3.05, 3.63) is 30.4 Å². The lowest BCUT2D eigenvalue weighted by Crippen LogP contribution is -2.22. The largest absolute Gasteiger partial charge is 0.356 e. The summed E-state index contributed by atoms with van der Waals surface area (Å²) in [7, 11) is 0. The van der Waals surface area contributed by atoms with E-state index in [4.69, 9.17) is 4.52 Å². The molecular weight excluding hydrogens is 232 g/mol. The van der Waals surface area contributed by atoms with Crippen molar-refractivity contribution in [3.8, 4) is 11.4 Å². The van der Waals surface area contributed by atoms with Crippen molar-refractivity contribution in [3.63, 3.8) is 0 Å². The van der Waals surface area contributed by atoms with Gasteiger partial charge in [-0.25, -0.2) is 0 Å². The predicted molar refractivity (Wildman–Crippen MR) is 64.5 cm³/mol. The Morgan fingerprint density at radius 2 is 2.17 bits per heavy atom. The fraction of sp³-hybridized carbons (Fsp3) is 0.333. The Hall–Kier alpha value is -2.24. The maximum atomic E-state index is 11.3. The first-order valence-corrected chi connectivity index (χ1v) is 5.79. The molecule has 0 aliphatic heterocycles. The summed E-state index contributed by atoms with van der Waals surface area (Å²) in [6, 6.07) is 3.61. The molecule has 1 N–H and O–H groups in total. The van der Waals surface area contributed by atoms with E-state index in [1.54, 1.807) is 24.5 Å². The number of pyridine rings is 1. The van der Waals surface area contributed by atoms with E-state index in [0.29, 0.717) is 31.1 Å². The van der Waals surface area contributed by atoms with Crippen molar-refractivity contribution in [2.75, 3.05) is 6.54 Å². The molecule has 0 saturated heterocycles. The van der Waals surface area contributed by atoms with Crippen LogP contribution in [0.1, 0.15) is 19.2 Å². The standard InChI is InChI=1S/C12H14N4O2/c1-2-14-10(17)3-4-11-15-12(16-18-11)9-5-7-13-8-6-9/h5-8H,2-4H2,1H3,(H,14,17). The topological polar surface area (TPSA) is 80.9 Å². The Morgan fingerprint density at radius 3 is 2.89 bits per heavy atom. The van der Waals surface area contributed by atoms with E-state index in [0.717, 1.165) is 5.56 Å². The van der Waals surface area contributed by atoms with Crippen LogP contribution in [0.2, 0.25) is 0 Å². The number of hydrogen-bond donors (Lipinski definition) is 1. The number of aromatic nitrogens is 3. The molecule has 2 aromatic heterocycles. The number of hydrogen-bond acceptors (Lipinski definition) is 5. The highest BCUT2D eigenvalue weighted by Gasteiger charge is 2.09. The summed E-state index contributed by atoms with van der Waals surface area (Å²) >= 11 is 0. The van der Waals surface area contributed by atoms with Gasteiger partial charge in [-0.1, -0.05) is 5.16 Å². The molecule has 0 spiro atoms. The fourth-order valence-corrected chi connectivity index (χ4v) is 1.48. The second-order valence-corrected chi connectivity index (χ2v) is 3.70. The van der Waals surface area contributed by atoms with Crippen LogP contribution in [0, 0.1) is 0 Å². The molecule has 0 bridgehead atoms. The van der Waals surface area contributed by atoms with Gasteiger partial charge in [-0.05, 0) is 19.1 Å². The van der Waals surface area contributed by atoms with Gasteiger partial charge >= 0.3 is 0 Å². The Morgan fingerprint density at radius 1 is 1.39 bits per heavy atom. The van der Waals surface area contributed by atoms with Crippen molar-refractivity contribution in [2.45, 2.75) is 19.8 Å². The van der Waals surface area contributed by atoms with Gasteiger partial charge in [0.2, 0.25) is 17.6 Å². The first kappa shape index (κ1) is 12.2. The number of aryl methyl sites for hydroxylation is 1. The Bertz CT molecular complexity index is 510. The molecule has 0 saturated carbocycles. The van der Waals surface area contributed by atoms with Gasteiger partial charge in [0.15, 0.2) is 0 Å². The van der Waals surface area contributed by atoms with Crippen LogP contribution in [0.3, 0.4) is 0 Å². The highest BCUT2D eigenvalue weighted by Crippen LogP contribution is 2.14. The molecule has 1 amide bonds. The second-order valence-electron chi connectivity index (χ2n) is 3.70. The smallest absolute Gasteiger partial charge is 0.227 e. The Kier molecular flexibility index (Phi) is 4.01. The minimum absolute atomic E-state index is 0.0128. The zero-order valence-electron chi connectivity index (χ0n) is 10.1. The van der Waals surface area contributed by atoms with Gasteiger partial charge in [0, 0.05) is 37.3 Å². The van der Waals surface area contributed by atoms with E-state index >= 15 is 0 Å². The minimum Gasteiger partial charge on any atom is -0.356 e. The molecule has 0 fully saturated rings. The molecule has 0 unspecified atom stereocenters. The number of nitrogens with zero attached hydrogens (tertiary/aromatic N) is 3. The van der Waals surface area contributed by atoms with Crippen molar-refractivity contribution < 1.29 is 9.32 Å². The van der Waals surface area contributed by atoms with Crippen LogP contribution < -0.4 is 5.32 Å². The monoisotopic (exact) mass is 246 g/mol. The highest BCUT2D eigenvalue weighted by atomic mass is 16.5. The van der Waals surface area contributed by atoms with Crippen LogP contribution in [-0.4, -0.2) is 27.6 Å². The second kappa shape index (κ2) is 5.90. The zero-order valence-corrected chi connectivity index (χ0v) is 10.1. The van der Waals surface area contributed by atoms with Gasteiger partial charge in [0.25, 0.3) is 0 Å². The summed E-state index contributed by atoms with van der Waals surface area (Å²) in [4.78, 5) is 19.4. The summed E-state index contributed by atoms with van der Waals surface area (Å²) in [5.74, 6) is 0.970. The summed E-state index contributed by atoms with van der Waals surface area (Å²) in [6.45, 7) is 2.51. The Balaban J connectivity index is 1.97. The molecule has 2 heterocycles. The molecule has 6 nitrogen and oxygen atoms in total. The fourth-order valence-electron chi connectivity index (χ4n) is 1.48. The van der Waals surface area contributed by atoms with Gasteiger partial charge in [0.1, 0.15) is 0 Å². The molecule has 0 atom stereocenters. The predicted octanol–water partition coefficient (Wildman–Crippen LogP) is 1.20. The van der Waals surface area contributed by atoms with Crippen LogP contribution in [0.5, 0.6) is 0 Å². The van der Waals surface area contributed by atoms with Gasteiger partial charge < -0.3 is 9.84 Å². The molecule has 94 valence electrons. The third-order valence-corrected chi connectivity index (χ3v) is 2.35. The molecule has 0 aliphatic carbocycles. The quantitative estimate of drug-likeness (QED) is 0.857. The number of amides is 1. The summed E-state index contributed by atoms with van der Waals surface area (Å²) in [5, 5.41) is 6.58. The molecule has 2 rings (SSSR count). The molecule has 0 aromatic carbocycles. The van der Waals surface area contributed by atoms with Crippen LogP contribution in [0.15, 0.2) is 29.0 Å². The number of carbonyl (C=O) groups excluding carboxylic acids is 1. The van der Waals surface area contributed by atoms with Crippen LogP contribution in [0.25, 0.3) is 11.4 Å². The van der Waals surface area contributed by atoms with E-state index in [9.17, 15) is 4.79 Å². The van der Waals surface area contributed by atoms with Crippen molar-refractivity contribution in [1.29, 1.82) is 0 Å². The van der Waals surface area contributed by atoms with E-state index in [-0.39, 0.29) is 5.91 Å². The number of carbonyl (C=O) groups is 1. The highest BCUT2D eigenvalue weighted by molar-refractivity contribution is 5.75. The third-order valence-electron chi connectivity index (χ3n) is 2.35. The van der Waals surface area contributed by atoms with Gasteiger partial charge in [-0.15, -0.1) is 0 Å². The van der Waals surface area contributed by atoms with Crippen LogP contribution in [0.4, 0.5) is 0 Å². The van der Waals surface area contributed by atoms with E-state index in [1.807, 2.05) is 6.92 Å². The maximum Gasteiger partial charge on any atom is 0.227 e. The molecule has 0 aliphatic rings. The lowest BCUT2D eigenvalue weighted by atomic mass is 10.2.